The molecule has 242 valence electrons. The van der Waals surface area contributed by atoms with Crippen LogP contribution in [0.4, 0.5) is 17.1 Å². The Morgan fingerprint density at radius 2 is 1.37 bits per heavy atom. The Hall–Kier alpha value is -4.83. The number of carbonyl (C=O) groups excluding carboxylic acids is 2. The first kappa shape index (κ1) is 34.1. The number of benzene rings is 4. The van der Waals surface area contributed by atoms with Gasteiger partial charge in [0.25, 0.3) is 47.9 Å². The average Bonchev–Trinajstić information content (AvgIpc) is 2.96. The second-order valence-electron chi connectivity index (χ2n) is 9.40. The van der Waals surface area contributed by atoms with E-state index in [9.17, 15) is 58.6 Å². The molecule has 0 radical (unpaired) electrons. The van der Waals surface area contributed by atoms with Crippen molar-refractivity contribution in [2.24, 2.45) is 0 Å². The van der Waals surface area contributed by atoms with Gasteiger partial charge < -0.3 is 15.4 Å². The Bertz CT molecular complexity index is 2270. The fourth-order valence-corrected chi connectivity index (χ4v) is 6.38. The van der Waals surface area contributed by atoms with E-state index in [-0.39, 0.29) is 29.1 Å². The first-order valence-electron chi connectivity index (χ1n) is 12.3. The molecule has 5 N–H and O–H groups in total. The third-order valence-electron chi connectivity index (χ3n) is 6.35. The van der Waals surface area contributed by atoms with Crippen molar-refractivity contribution < 1.29 is 58.2 Å². The molecular weight excluding hydrogens is 674 g/mol. The molecule has 0 spiro atoms. The molecule has 0 saturated carbocycles. The predicted molar refractivity (Wildman–Crippen MR) is 160 cm³/mol. The highest BCUT2D eigenvalue weighted by Crippen LogP contribution is 2.37. The average molecular weight is 696 g/mol. The number of carbonyl (C=O) groups is 2. The number of non-ortho nitro benzene ring substituents is 1. The fourth-order valence-electron chi connectivity index (χ4n) is 4.34. The molecule has 0 aliphatic heterocycles. The SMILES string of the molecule is COCc1ccc(C(=O)Nc2ccc(S(=O)(=O)O)c3cc(S(=O)(=O)O)cc(S(=O)(=O)O)c23)cc1NC(=O)c1cccc([N+](=O)[O-])c1. The van der Waals surface area contributed by atoms with E-state index in [1.165, 1.54) is 43.5 Å². The van der Waals surface area contributed by atoms with Crippen molar-refractivity contribution in [3.8, 4) is 0 Å². The van der Waals surface area contributed by atoms with Gasteiger partial charge in [0.05, 0.1) is 22.1 Å². The highest BCUT2D eigenvalue weighted by atomic mass is 32.2. The number of amides is 2. The van der Waals surface area contributed by atoms with Crippen LogP contribution in [0, 0.1) is 10.1 Å². The quantitative estimate of drug-likeness (QED) is 0.0906. The summed E-state index contributed by atoms with van der Waals surface area (Å²) in [6.45, 7) is -0.0536. The van der Waals surface area contributed by atoms with Crippen molar-refractivity contribution in [3.63, 3.8) is 0 Å². The Morgan fingerprint density at radius 3 is 1.93 bits per heavy atom. The van der Waals surface area contributed by atoms with Crippen molar-refractivity contribution in [1.29, 1.82) is 0 Å². The van der Waals surface area contributed by atoms with Gasteiger partial charge >= 0.3 is 0 Å². The van der Waals surface area contributed by atoms with Gasteiger partial charge in [-0.3, -0.25) is 33.4 Å². The highest BCUT2D eigenvalue weighted by molar-refractivity contribution is 7.87. The molecule has 0 unspecified atom stereocenters. The van der Waals surface area contributed by atoms with Crippen LogP contribution < -0.4 is 10.6 Å². The molecule has 4 aromatic rings. The molecule has 0 bridgehead atoms. The van der Waals surface area contributed by atoms with Gasteiger partial charge in [-0.05, 0) is 42.5 Å². The van der Waals surface area contributed by atoms with E-state index in [1.54, 1.807) is 0 Å². The topological polar surface area (TPSA) is 274 Å². The number of nitrogens with one attached hydrogen (secondary N) is 2. The zero-order chi connectivity index (χ0) is 34.2. The van der Waals surface area contributed by atoms with Gasteiger partial charge in [0.15, 0.2) is 0 Å². The normalized spacial score (nSPS) is 12.1. The number of anilines is 2. The van der Waals surface area contributed by atoms with E-state index in [0.29, 0.717) is 23.8 Å². The van der Waals surface area contributed by atoms with Crippen LogP contribution in [-0.2, 0) is 41.7 Å². The van der Waals surface area contributed by atoms with E-state index in [4.69, 9.17) is 4.74 Å². The predicted octanol–water partition coefficient (Wildman–Crippen LogP) is 3.14. The number of nitro groups is 1. The first-order valence-corrected chi connectivity index (χ1v) is 16.7. The minimum atomic E-state index is -5.37. The number of ether oxygens (including phenoxy) is 1. The van der Waals surface area contributed by atoms with Crippen LogP contribution in [0.1, 0.15) is 26.3 Å². The molecule has 2 amide bonds. The van der Waals surface area contributed by atoms with Crippen LogP contribution in [-0.4, -0.2) is 62.8 Å². The number of nitrogens with zero attached hydrogens (tertiary/aromatic N) is 1. The minimum Gasteiger partial charge on any atom is -0.380 e. The molecule has 46 heavy (non-hydrogen) atoms. The molecular formula is C26H21N3O14S3. The van der Waals surface area contributed by atoms with Crippen LogP contribution >= 0.6 is 0 Å². The van der Waals surface area contributed by atoms with Crippen molar-refractivity contribution in [1.82, 2.24) is 0 Å². The standard InChI is InChI=1S/C26H21N3O14S3/c1-43-13-16-6-5-15(10-21(16)28-25(30)14-3-2-4-17(9-14)29(32)33)26(31)27-20-7-8-22(45(37,38)39)19-11-18(44(34,35)36)12-23(24(19)20)46(40,41)42/h2-12H,13H2,1H3,(H,27,31)(H,28,30)(H,34,35,36)(H,37,38,39)(H,40,41,42). The summed E-state index contributed by atoms with van der Waals surface area (Å²) in [5.74, 6) is -1.77. The molecule has 0 heterocycles. The van der Waals surface area contributed by atoms with Gasteiger partial charge in [-0.15, -0.1) is 0 Å². The summed E-state index contributed by atoms with van der Waals surface area (Å²) in [6.07, 6.45) is 0. The Morgan fingerprint density at radius 1 is 0.761 bits per heavy atom. The van der Waals surface area contributed by atoms with Crippen LogP contribution in [0.25, 0.3) is 10.8 Å². The molecule has 0 atom stereocenters. The summed E-state index contributed by atoms with van der Waals surface area (Å²) in [7, 11) is -14.4. The van der Waals surface area contributed by atoms with E-state index < -0.39 is 78.2 Å². The van der Waals surface area contributed by atoms with E-state index in [0.717, 1.165) is 12.1 Å². The summed E-state index contributed by atoms with van der Waals surface area (Å²) in [5, 5.41) is 14.4. The van der Waals surface area contributed by atoms with Crippen molar-refractivity contribution in [3.05, 3.63) is 93.5 Å². The Labute approximate surface area is 260 Å². The smallest absolute Gasteiger partial charge is 0.295 e. The number of fused-ring (bicyclic) bond motifs is 1. The van der Waals surface area contributed by atoms with Crippen molar-refractivity contribution >= 4 is 70.0 Å². The number of hydrogen-bond donors (Lipinski definition) is 5. The Balaban J connectivity index is 1.83. The lowest BCUT2D eigenvalue weighted by atomic mass is 10.1. The van der Waals surface area contributed by atoms with Crippen LogP contribution in [0.5, 0.6) is 0 Å². The first-order chi connectivity index (χ1) is 21.3. The largest absolute Gasteiger partial charge is 0.380 e. The van der Waals surface area contributed by atoms with Gasteiger partial charge in [0.2, 0.25) is 0 Å². The lowest BCUT2D eigenvalue weighted by Gasteiger charge is -2.16. The van der Waals surface area contributed by atoms with Gasteiger partial charge in [0, 0.05) is 52.4 Å². The van der Waals surface area contributed by atoms with E-state index in [1.807, 2.05) is 0 Å². The number of nitro benzene ring substituents is 1. The maximum absolute atomic E-state index is 13.4. The monoisotopic (exact) mass is 695 g/mol. The zero-order valence-electron chi connectivity index (χ0n) is 23.1. The molecule has 0 aliphatic rings. The van der Waals surface area contributed by atoms with Crippen LogP contribution in [0.15, 0.2) is 81.4 Å². The Kier molecular flexibility index (Phi) is 9.27. The number of rotatable bonds is 10. The van der Waals surface area contributed by atoms with Gasteiger partial charge in [-0.2, -0.15) is 25.3 Å². The van der Waals surface area contributed by atoms with E-state index >= 15 is 0 Å². The second-order valence-corrected chi connectivity index (χ2v) is 13.6. The molecule has 17 nitrogen and oxygen atoms in total. The van der Waals surface area contributed by atoms with Gasteiger partial charge in [-0.25, -0.2) is 0 Å². The maximum Gasteiger partial charge on any atom is 0.295 e. The summed E-state index contributed by atoms with van der Waals surface area (Å²) in [5.41, 5.74) is -0.687. The highest BCUT2D eigenvalue weighted by Gasteiger charge is 2.27. The minimum absolute atomic E-state index is 0.0361. The molecule has 20 heteroatoms. The van der Waals surface area contributed by atoms with Crippen molar-refractivity contribution in [2.75, 3.05) is 17.7 Å². The number of methoxy groups -OCH3 is 1. The van der Waals surface area contributed by atoms with Gasteiger partial charge in [-0.1, -0.05) is 12.1 Å². The third-order valence-corrected chi connectivity index (χ3v) is 8.97. The maximum atomic E-state index is 13.4. The molecule has 4 rings (SSSR count). The fraction of sp³-hybridized carbons (Fsp3) is 0.0769. The summed E-state index contributed by atoms with van der Waals surface area (Å²) in [6, 6.07) is 11.1. The summed E-state index contributed by atoms with van der Waals surface area (Å²) in [4.78, 5) is 33.3. The van der Waals surface area contributed by atoms with Gasteiger partial charge in [0.1, 0.15) is 9.79 Å². The van der Waals surface area contributed by atoms with Crippen LogP contribution in [0.3, 0.4) is 0 Å². The van der Waals surface area contributed by atoms with Crippen molar-refractivity contribution in [2.45, 2.75) is 21.3 Å². The molecule has 4 aromatic carbocycles. The third kappa shape index (κ3) is 7.34. The molecule has 0 aromatic heterocycles. The second kappa shape index (κ2) is 12.5. The lowest BCUT2D eigenvalue weighted by Crippen LogP contribution is -2.17. The molecule has 0 saturated heterocycles. The number of hydrogen-bond acceptors (Lipinski definition) is 11. The lowest BCUT2D eigenvalue weighted by molar-refractivity contribution is -0.384. The molecule has 0 fully saturated rings. The van der Waals surface area contributed by atoms with E-state index in [2.05, 4.69) is 10.6 Å². The molecule has 0 aliphatic carbocycles. The summed E-state index contributed by atoms with van der Waals surface area (Å²) >= 11 is 0. The summed E-state index contributed by atoms with van der Waals surface area (Å²) < 4.78 is 106. The van der Waals surface area contributed by atoms with Crippen LogP contribution in [0.2, 0.25) is 0 Å². The zero-order valence-corrected chi connectivity index (χ0v) is 25.5.